The molecule has 24 nitrogen and oxygen atoms in total. The van der Waals surface area contributed by atoms with E-state index in [4.69, 9.17) is 120 Å². The first-order valence-corrected chi connectivity index (χ1v) is 58.2. The molecule has 0 aliphatic heterocycles. The summed E-state index contributed by atoms with van der Waals surface area (Å²) in [5, 5.41) is 144. The molecule has 0 aliphatic rings. The molecule has 0 radical (unpaired) electrons. The van der Waals surface area contributed by atoms with Crippen LogP contribution in [0.4, 0.5) is 0 Å². The molecule has 0 heterocycles. The van der Waals surface area contributed by atoms with E-state index in [-0.39, 0.29) is 79.3 Å². The zero-order valence-corrected chi connectivity index (χ0v) is 93.8. The number of hydrogen-bond donors (Lipinski definition) is 18. The Morgan fingerprint density at radius 2 is 0.159 bits per heavy atom. The molecule has 138 heavy (non-hydrogen) atoms. The van der Waals surface area contributed by atoms with Gasteiger partial charge in [-0.25, -0.2) is 0 Å². The second-order valence-electron chi connectivity index (χ2n) is 37.0. The third-order valence-corrected chi connectivity index (χ3v) is 22.2. The summed E-state index contributed by atoms with van der Waals surface area (Å²) < 4.78 is 33.9. The predicted molar refractivity (Wildman–Crippen MR) is 586 cm³/mol. The maximum absolute atomic E-state index is 8.17. The van der Waals surface area contributed by atoms with E-state index in [1.165, 1.54) is 462 Å². The molecule has 0 aromatic carbocycles. The third-order valence-electron chi connectivity index (χ3n) is 22.2. The fraction of sp³-hybridized carbons (Fsp3) is 1.00. The third kappa shape index (κ3) is 212. The van der Waals surface area contributed by atoms with Crippen molar-refractivity contribution in [2.24, 2.45) is 0 Å². The summed E-state index contributed by atoms with van der Waals surface area (Å²) in [7, 11) is 0. The fourth-order valence-corrected chi connectivity index (χ4v) is 12.8. The van der Waals surface area contributed by atoms with Gasteiger partial charge in [0, 0.05) is 79.3 Å². The molecule has 0 fully saturated rings. The fourth-order valence-electron chi connectivity index (χ4n) is 12.8. The Kier molecular flexibility index (Phi) is 206. The smallest absolute Gasteiger partial charge is 0.100 e. The number of aliphatic hydroxyl groups is 18. The lowest BCUT2D eigenvalue weighted by Gasteiger charge is -2.04. The van der Waals surface area contributed by atoms with Gasteiger partial charge in [0.05, 0.1) is 79.3 Å². The van der Waals surface area contributed by atoms with E-state index in [2.05, 4.69) is 83.1 Å². The Balaban J connectivity index is -0.000000129. The molecule has 0 atom stereocenters. The second-order valence-corrected chi connectivity index (χ2v) is 37.0. The van der Waals surface area contributed by atoms with Gasteiger partial charge in [0.1, 0.15) is 36.6 Å². The summed E-state index contributed by atoms with van der Waals surface area (Å²) in [5.41, 5.74) is 0. The van der Waals surface area contributed by atoms with Gasteiger partial charge < -0.3 is 120 Å². The van der Waals surface area contributed by atoms with E-state index in [0.717, 1.165) is 79.3 Å². The molecule has 0 aromatic rings. The molecule has 0 rings (SSSR count). The van der Waals surface area contributed by atoms with Gasteiger partial charge in [-0.2, -0.15) is 0 Å². The molecular formula is C114H252O24. The van der Waals surface area contributed by atoms with Crippen LogP contribution in [0.5, 0.6) is 0 Å². The Labute approximate surface area is 856 Å². The van der Waals surface area contributed by atoms with Crippen molar-refractivity contribution < 1.29 is 120 Å². The highest BCUT2D eigenvalue weighted by Gasteiger charge is 2.04. The van der Waals surface area contributed by atoms with Crippen LogP contribution in [0.3, 0.4) is 0 Å². The quantitative estimate of drug-likeness (QED) is 0.0251. The van der Waals surface area contributed by atoms with Crippen LogP contribution in [0.15, 0.2) is 0 Å². The molecule has 0 saturated heterocycles. The highest BCUT2D eigenvalue weighted by molar-refractivity contribution is 4.56. The van der Waals surface area contributed by atoms with Gasteiger partial charge in [0.25, 0.3) is 0 Å². The number of hydrogen-bond acceptors (Lipinski definition) is 24. The number of ether oxygens (including phenoxy) is 6. The lowest BCUT2D eigenvalue weighted by molar-refractivity contribution is 0.0450. The van der Waals surface area contributed by atoms with Gasteiger partial charge in [-0.3, -0.25) is 0 Å². The Morgan fingerprint density at radius 3 is 0.210 bits per heavy atom. The zero-order chi connectivity index (χ0) is 106. The summed E-state index contributed by atoms with van der Waals surface area (Å²) in [5.74, 6) is 0. The molecule has 0 amide bonds. The average Bonchev–Trinajstić information content (AvgIpc) is 1.12. The van der Waals surface area contributed by atoms with Crippen LogP contribution in [0, 0.1) is 0 Å². The van der Waals surface area contributed by atoms with Crippen LogP contribution in [0.25, 0.3) is 0 Å². The van der Waals surface area contributed by atoms with E-state index < -0.39 is 36.6 Å². The first-order chi connectivity index (χ1) is 67.3. The van der Waals surface area contributed by atoms with Crippen molar-refractivity contribution in [3.05, 3.63) is 0 Å². The summed E-state index contributed by atoms with van der Waals surface area (Å²) in [6.07, 6.45) is 92.3. The van der Waals surface area contributed by atoms with Crippen LogP contribution in [-0.2, 0) is 28.4 Å². The summed E-state index contributed by atoms with van der Waals surface area (Å²) in [6.45, 7) is 34.7. The predicted octanol–water partition coefficient (Wildman–Crippen LogP) is 24.3. The minimum atomic E-state index is -0.954. The lowest BCUT2D eigenvalue weighted by Crippen LogP contribution is -2.15. The topological polar surface area (TPSA) is 420 Å². The van der Waals surface area contributed by atoms with Gasteiger partial charge in [0.2, 0.25) is 0 Å². The molecular weight excluding hydrogens is 1750 g/mol. The van der Waals surface area contributed by atoms with Crippen molar-refractivity contribution in [2.45, 2.75) is 582 Å². The standard InChI is InChI=1S/6C16H34O.6C3H8O3/c6*1-3-5-7-9-11-13-15-17-16-14-12-10-8-6-4-2;6*4-1-3(6)2-5/h6*3-16H2,1-2H3;6*3-6H,1-2H2. The van der Waals surface area contributed by atoms with Gasteiger partial charge in [0.15, 0.2) is 0 Å². The minimum absolute atomic E-state index is 0.365. The van der Waals surface area contributed by atoms with Crippen LogP contribution in [0.2, 0.25) is 0 Å². The van der Waals surface area contributed by atoms with Crippen molar-refractivity contribution >= 4 is 0 Å². The van der Waals surface area contributed by atoms with Crippen LogP contribution in [-0.4, -0.2) is 287 Å². The molecule has 852 valence electrons. The molecule has 18 N–H and O–H groups in total. The van der Waals surface area contributed by atoms with Crippen molar-refractivity contribution in [2.75, 3.05) is 159 Å². The number of aliphatic hydroxyl groups excluding tert-OH is 18. The maximum Gasteiger partial charge on any atom is 0.100 e. The van der Waals surface area contributed by atoms with E-state index >= 15 is 0 Å². The molecule has 0 unspecified atom stereocenters. The SMILES string of the molecule is CCCCCCCCOCCCCCCCC.CCCCCCCCOCCCCCCCC.CCCCCCCCOCCCCCCCC.CCCCCCCCOCCCCCCCC.CCCCCCCCOCCCCCCCC.CCCCCCCCOCCCCCCCC.OCC(O)CO.OCC(O)CO.OCC(O)CO.OCC(O)CO.OCC(O)CO.OCC(O)CO. The molecule has 0 spiro atoms. The maximum atomic E-state index is 8.17. The van der Waals surface area contributed by atoms with Crippen LogP contribution < -0.4 is 0 Å². The summed E-state index contributed by atoms with van der Waals surface area (Å²) in [4.78, 5) is 0. The average molecular weight is 2010 g/mol. The number of rotatable bonds is 96. The van der Waals surface area contributed by atoms with Crippen molar-refractivity contribution in [3.8, 4) is 0 Å². The second kappa shape index (κ2) is 175. The van der Waals surface area contributed by atoms with Crippen LogP contribution >= 0.6 is 0 Å². The summed E-state index contributed by atoms with van der Waals surface area (Å²) in [6, 6.07) is 0. The largest absolute Gasteiger partial charge is 0.394 e. The molecule has 0 bridgehead atoms. The van der Waals surface area contributed by atoms with Crippen LogP contribution in [0.1, 0.15) is 545 Å². The van der Waals surface area contributed by atoms with Gasteiger partial charge in [-0.15, -0.1) is 0 Å². The number of unbranched alkanes of at least 4 members (excludes halogenated alkanes) is 60. The molecule has 0 aliphatic carbocycles. The van der Waals surface area contributed by atoms with E-state index in [0.29, 0.717) is 0 Å². The summed E-state index contributed by atoms with van der Waals surface area (Å²) >= 11 is 0. The molecule has 0 saturated carbocycles. The normalized spacial score (nSPS) is 10.7. The lowest BCUT2D eigenvalue weighted by atomic mass is 10.1. The van der Waals surface area contributed by atoms with E-state index in [1.807, 2.05) is 0 Å². The van der Waals surface area contributed by atoms with Gasteiger partial charge in [-0.05, 0) is 77.0 Å². The van der Waals surface area contributed by atoms with Gasteiger partial charge >= 0.3 is 0 Å². The highest BCUT2D eigenvalue weighted by atomic mass is 16.5. The van der Waals surface area contributed by atoms with Crippen molar-refractivity contribution in [1.29, 1.82) is 0 Å². The Hall–Kier alpha value is -0.960. The Bertz CT molecular complexity index is 1330. The Morgan fingerprint density at radius 1 is 0.101 bits per heavy atom. The highest BCUT2D eigenvalue weighted by Crippen LogP contribution is 2.15. The minimum Gasteiger partial charge on any atom is -0.394 e. The molecule has 0 aromatic heterocycles. The monoisotopic (exact) mass is 2010 g/mol. The van der Waals surface area contributed by atoms with Crippen molar-refractivity contribution in [3.63, 3.8) is 0 Å². The first kappa shape index (κ1) is 162. The van der Waals surface area contributed by atoms with Gasteiger partial charge in [-0.1, -0.05) is 468 Å². The zero-order valence-electron chi connectivity index (χ0n) is 93.8. The van der Waals surface area contributed by atoms with E-state index in [9.17, 15) is 0 Å². The van der Waals surface area contributed by atoms with Crippen molar-refractivity contribution in [1.82, 2.24) is 0 Å². The first-order valence-electron chi connectivity index (χ1n) is 58.2. The van der Waals surface area contributed by atoms with E-state index in [1.54, 1.807) is 0 Å². The molecule has 24 heteroatoms.